The van der Waals surface area contributed by atoms with Crippen LogP contribution in [0.2, 0.25) is 0 Å². The lowest BCUT2D eigenvalue weighted by Gasteiger charge is -2.03. The Labute approximate surface area is 95.9 Å². The summed E-state index contributed by atoms with van der Waals surface area (Å²) in [5, 5.41) is 17.4. The molecule has 0 aromatic carbocycles. The van der Waals surface area contributed by atoms with Gasteiger partial charge in [0.15, 0.2) is 5.69 Å². The van der Waals surface area contributed by atoms with E-state index in [2.05, 4.69) is 10.3 Å². The molecule has 0 saturated carbocycles. The van der Waals surface area contributed by atoms with Gasteiger partial charge in [0.1, 0.15) is 5.82 Å². The molecule has 2 rings (SSSR count). The van der Waals surface area contributed by atoms with Crippen LogP contribution >= 0.6 is 11.3 Å². The number of hydrogen-bond donors (Lipinski definition) is 1. The Hall–Kier alpha value is -1.95. The predicted octanol–water partition coefficient (Wildman–Crippen LogP) is 2.76. The van der Waals surface area contributed by atoms with Crippen molar-refractivity contribution >= 4 is 22.8 Å². The maximum absolute atomic E-state index is 10.9. The van der Waals surface area contributed by atoms with Crippen LogP contribution < -0.4 is 5.32 Å². The van der Waals surface area contributed by atoms with E-state index in [-0.39, 0.29) is 5.69 Å². The third-order valence-corrected chi connectivity index (χ3v) is 2.80. The predicted molar refractivity (Wildman–Crippen MR) is 63.8 cm³/mol. The molecular formula is C10H9N3O2S. The van der Waals surface area contributed by atoms with E-state index in [1.54, 1.807) is 13.1 Å². The van der Waals surface area contributed by atoms with Crippen LogP contribution in [0, 0.1) is 10.1 Å². The van der Waals surface area contributed by atoms with E-state index < -0.39 is 4.92 Å². The van der Waals surface area contributed by atoms with Crippen LogP contribution in [-0.4, -0.2) is 17.0 Å². The summed E-state index contributed by atoms with van der Waals surface area (Å²) in [7, 11) is 1.73. The molecule has 0 aliphatic heterocycles. The number of nitro groups is 1. The first kappa shape index (κ1) is 10.6. The van der Waals surface area contributed by atoms with Crippen molar-refractivity contribution in [2.75, 3.05) is 12.4 Å². The average Bonchev–Trinajstić information content (AvgIpc) is 2.81. The summed E-state index contributed by atoms with van der Waals surface area (Å²) in [5.41, 5.74) is 1.20. The number of aromatic nitrogens is 1. The first-order chi connectivity index (χ1) is 7.72. The Morgan fingerprint density at radius 2 is 2.25 bits per heavy atom. The van der Waals surface area contributed by atoms with E-state index in [4.69, 9.17) is 0 Å². The molecule has 2 aromatic rings. The molecule has 0 unspecified atom stereocenters. The zero-order valence-electron chi connectivity index (χ0n) is 8.51. The Morgan fingerprint density at radius 1 is 1.44 bits per heavy atom. The molecule has 0 atom stereocenters. The first-order valence-electron chi connectivity index (χ1n) is 4.58. The summed E-state index contributed by atoms with van der Waals surface area (Å²) in [6.45, 7) is 0. The van der Waals surface area contributed by atoms with Gasteiger partial charge in [-0.15, -0.1) is 0 Å². The van der Waals surface area contributed by atoms with Gasteiger partial charge < -0.3 is 5.32 Å². The molecular weight excluding hydrogens is 226 g/mol. The van der Waals surface area contributed by atoms with Gasteiger partial charge in [-0.25, -0.2) is 4.98 Å². The number of thiophene rings is 1. The minimum Gasteiger partial charge on any atom is -0.373 e. The van der Waals surface area contributed by atoms with Gasteiger partial charge >= 0.3 is 0 Å². The highest BCUT2D eigenvalue weighted by atomic mass is 32.1. The Balaban J connectivity index is 2.59. The van der Waals surface area contributed by atoms with Crippen LogP contribution in [0.5, 0.6) is 0 Å². The molecule has 2 heterocycles. The minimum absolute atomic E-state index is 0.0254. The molecule has 5 nitrogen and oxygen atoms in total. The Bertz CT molecular complexity index is 511. The molecule has 16 heavy (non-hydrogen) atoms. The Morgan fingerprint density at radius 3 is 2.81 bits per heavy atom. The highest BCUT2D eigenvalue weighted by molar-refractivity contribution is 7.08. The van der Waals surface area contributed by atoms with Crippen LogP contribution in [0.3, 0.4) is 0 Å². The molecule has 1 N–H and O–H groups in total. The fourth-order valence-electron chi connectivity index (χ4n) is 1.35. The lowest BCUT2D eigenvalue weighted by atomic mass is 10.2. The quantitative estimate of drug-likeness (QED) is 0.656. The van der Waals surface area contributed by atoms with E-state index in [9.17, 15) is 10.1 Å². The number of rotatable bonds is 3. The second-order valence-electron chi connectivity index (χ2n) is 3.08. The average molecular weight is 235 g/mol. The van der Waals surface area contributed by atoms with Crippen molar-refractivity contribution in [2.45, 2.75) is 0 Å². The van der Waals surface area contributed by atoms with Crippen molar-refractivity contribution in [1.29, 1.82) is 0 Å². The molecule has 0 spiro atoms. The lowest BCUT2D eigenvalue weighted by Crippen LogP contribution is -1.98. The summed E-state index contributed by atoms with van der Waals surface area (Å²) in [5.74, 6) is 0.617. The monoisotopic (exact) mass is 235 g/mol. The van der Waals surface area contributed by atoms with E-state index in [1.807, 2.05) is 16.8 Å². The van der Waals surface area contributed by atoms with Crippen molar-refractivity contribution < 1.29 is 4.92 Å². The number of pyridine rings is 1. The topological polar surface area (TPSA) is 68.1 Å². The maximum Gasteiger partial charge on any atom is 0.295 e. The summed E-state index contributed by atoms with van der Waals surface area (Å²) >= 11 is 1.49. The largest absolute Gasteiger partial charge is 0.373 e. The molecule has 0 saturated heterocycles. The molecule has 0 aliphatic carbocycles. The number of anilines is 1. The highest BCUT2D eigenvalue weighted by Gasteiger charge is 2.17. The lowest BCUT2D eigenvalue weighted by molar-refractivity contribution is -0.384. The van der Waals surface area contributed by atoms with Crippen LogP contribution in [0.1, 0.15) is 0 Å². The molecule has 82 valence electrons. The highest BCUT2D eigenvalue weighted by Crippen LogP contribution is 2.30. The van der Waals surface area contributed by atoms with E-state index in [0.717, 1.165) is 5.56 Å². The van der Waals surface area contributed by atoms with E-state index >= 15 is 0 Å². The molecule has 0 bridgehead atoms. The van der Waals surface area contributed by atoms with Crippen molar-refractivity contribution in [3.8, 4) is 11.3 Å². The SMILES string of the molecule is CNc1ccc([N+](=O)[O-])c(-c2ccsc2)n1. The van der Waals surface area contributed by atoms with Crippen molar-refractivity contribution in [3.63, 3.8) is 0 Å². The second-order valence-corrected chi connectivity index (χ2v) is 3.86. The van der Waals surface area contributed by atoms with Gasteiger partial charge in [0, 0.05) is 24.1 Å². The Kier molecular flexibility index (Phi) is 2.82. The first-order valence-corrected chi connectivity index (χ1v) is 5.52. The molecule has 0 radical (unpaired) electrons. The fourth-order valence-corrected chi connectivity index (χ4v) is 1.99. The molecule has 0 aliphatic rings. The van der Waals surface area contributed by atoms with E-state index in [1.165, 1.54) is 17.4 Å². The third kappa shape index (κ3) is 1.87. The van der Waals surface area contributed by atoms with Crippen molar-refractivity contribution in [2.24, 2.45) is 0 Å². The minimum atomic E-state index is -0.417. The van der Waals surface area contributed by atoms with Gasteiger partial charge in [0.2, 0.25) is 0 Å². The van der Waals surface area contributed by atoms with Crippen molar-refractivity contribution in [3.05, 3.63) is 39.1 Å². The summed E-state index contributed by atoms with van der Waals surface area (Å²) in [4.78, 5) is 14.7. The number of nitrogens with zero attached hydrogens (tertiary/aromatic N) is 2. The number of hydrogen-bond acceptors (Lipinski definition) is 5. The normalized spacial score (nSPS) is 10.1. The third-order valence-electron chi connectivity index (χ3n) is 2.12. The van der Waals surface area contributed by atoms with Gasteiger partial charge in [-0.3, -0.25) is 10.1 Å². The zero-order valence-corrected chi connectivity index (χ0v) is 9.32. The molecule has 0 amide bonds. The van der Waals surface area contributed by atoms with Gasteiger partial charge in [-0.1, -0.05) is 0 Å². The fraction of sp³-hybridized carbons (Fsp3) is 0.100. The summed E-state index contributed by atoms with van der Waals surface area (Å²) < 4.78 is 0. The zero-order chi connectivity index (χ0) is 11.5. The van der Waals surface area contributed by atoms with Crippen molar-refractivity contribution in [1.82, 2.24) is 4.98 Å². The molecule has 0 fully saturated rings. The standard InChI is InChI=1S/C10H9N3O2S/c1-11-9-3-2-8(13(14)15)10(12-9)7-4-5-16-6-7/h2-6H,1H3,(H,11,12). The maximum atomic E-state index is 10.9. The smallest absolute Gasteiger partial charge is 0.295 e. The summed E-state index contributed by atoms with van der Waals surface area (Å²) in [6, 6.07) is 4.87. The summed E-state index contributed by atoms with van der Waals surface area (Å²) in [6.07, 6.45) is 0. The molecule has 2 aromatic heterocycles. The van der Waals surface area contributed by atoms with Crippen LogP contribution in [0.15, 0.2) is 29.0 Å². The van der Waals surface area contributed by atoms with Gasteiger partial charge in [-0.2, -0.15) is 11.3 Å². The molecule has 6 heteroatoms. The van der Waals surface area contributed by atoms with Crippen LogP contribution in [-0.2, 0) is 0 Å². The number of nitrogens with one attached hydrogen (secondary N) is 1. The van der Waals surface area contributed by atoms with Gasteiger partial charge in [0.05, 0.1) is 4.92 Å². The van der Waals surface area contributed by atoms with Gasteiger partial charge in [0.25, 0.3) is 5.69 Å². The van der Waals surface area contributed by atoms with E-state index in [0.29, 0.717) is 11.5 Å². The van der Waals surface area contributed by atoms with Crippen LogP contribution in [0.25, 0.3) is 11.3 Å². The van der Waals surface area contributed by atoms with Crippen LogP contribution in [0.4, 0.5) is 11.5 Å². The van der Waals surface area contributed by atoms with Gasteiger partial charge in [-0.05, 0) is 17.5 Å². The second kappa shape index (κ2) is 4.28.